The van der Waals surface area contributed by atoms with Crippen molar-refractivity contribution in [1.29, 1.82) is 0 Å². The van der Waals surface area contributed by atoms with Crippen molar-refractivity contribution in [2.75, 3.05) is 13.6 Å². The highest BCUT2D eigenvalue weighted by Crippen LogP contribution is 2.30. The maximum Gasteiger partial charge on any atom is 0.269 e. The first-order valence-corrected chi connectivity index (χ1v) is 5.12. The Morgan fingerprint density at radius 1 is 1.50 bits per heavy atom. The van der Waals surface area contributed by atoms with Crippen molar-refractivity contribution >= 4 is 5.91 Å². The summed E-state index contributed by atoms with van der Waals surface area (Å²) in [5.41, 5.74) is 7.37. The molecule has 1 aliphatic heterocycles. The van der Waals surface area contributed by atoms with Crippen LogP contribution in [-0.4, -0.2) is 24.4 Å². The lowest BCUT2D eigenvalue weighted by molar-refractivity contribution is -0.125. The van der Waals surface area contributed by atoms with Crippen LogP contribution in [0.3, 0.4) is 0 Å². The Labute approximate surface area is 84.3 Å². The summed E-state index contributed by atoms with van der Waals surface area (Å²) in [6.07, 6.45) is 7.42. The summed E-state index contributed by atoms with van der Waals surface area (Å²) >= 11 is 0. The van der Waals surface area contributed by atoms with Crippen molar-refractivity contribution in [2.45, 2.75) is 19.3 Å². The lowest BCUT2D eigenvalue weighted by Gasteiger charge is -2.19. The Morgan fingerprint density at radius 3 is 3.07 bits per heavy atom. The van der Waals surface area contributed by atoms with Gasteiger partial charge in [-0.1, -0.05) is 12.2 Å². The van der Waals surface area contributed by atoms with E-state index in [1.165, 1.54) is 0 Å². The molecule has 0 bridgehead atoms. The Hall–Kier alpha value is -1.25. The number of amides is 1. The number of carbonyl (C=O) groups is 1. The van der Waals surface area contributed by atoms with Gasteiger partial charge in [0.15, 0.2) is 0 Å². The van der Waals surface area contributed by atoms with Gasteiger partial charge in [-0.25, -0.2) is 0 Å². The molecule has 14 heavy (non-hydrogen) atoms. The second kappa shape index (κ2) is 3.48. The van der Waals surface area contributed by atoms with Gasteiger partial charge in [0.1, 0.15) is 5.70 Å². The molecular formula is C11H16N2O. The highest BCUT2D eigenvalue weighted by Gasteiger charge is 2.26. The van der Waals surface area contributed by atoms with Gasteiger partial charge >= 0.3 is 0 Å². The standard InChI is InChI=1S/C11H16N2O/c1-13-7-6-8-4-2-3-5-9(8)10(12)11(13)14/h3,5,8H,2,4,6-7,12H2,1H3/t8-/m0/s1. The Kier molecular flexibility index (Phi) is 2.32. The lowest BCUT2D eigenvalue weighted by Crippen LogP contribution is -2.30. The van der Waals surface area contributed by atoms with Gasteiger partial charge in [0, 0.05) is 13.6 Å². The van der Waals surface area contributed by atoms with Gasteiger partial charge in [-0.15, -0.1) is 0 Å². The molecule has 0 radical (unpaired) electrons. The van der Waals surface area contributed by atoms with Crippen molar-refractivity contribution in [3.63, 3.8) is 0 Å². The average Bonchev–Trinajstić information content (AvgIpc) is 2.32. The molecule has 0 saturated heterocycles. The van der Waals surface area contributed by atoms with E-state index in [1.807, 2.05) is 13.1 Å². The van der Waals surface area contributed by atoms with Crippen molar-refractivity contribution in [3.05, 3.63) is 23.4 Å². The molecule has 0 saturated carbocycles. The van der Waals surface area contributed by atoms with Crippen LogP contribution in [0.2, 0.25) is 0 Å². The fourth-order valence-corrected chi connectivity index (χ4v) is 2.19. The van der Waals surface area contributed by atoms with Gasteiger partial charge in [-0.3, -0.25) is 4.79 Å². The maximum absolute atomic E-state index is 11.7. The van der Waals surface area contributed by atoms with E-state index in [0.717, 1.165) is 31.4 Å². The third kappa shape index (κ3) is 1.43. The minimum atomic E-state index is -0.0194. The van der Waals surface area contributed by atoms with Gasteiger partial charge in [0.2, 0.25) is 0 Å². The summed E-state index contributed by atoms with van der Waals surface area (Å²) in [4.78, 5) is 13.4. The fraction of sp³-hybridized carbons (Fsp3) is 0.545. The molecule has 0 fully saturated rings. The van der Waals surface area contributed by atoms with Crippen LogP contribution >= 0.6 is 0 Å². The molecule has 2 rings (SSSR count). The van der Waals surface area contributed by atoms with E-state index in [1.54, 1.807) is 4.90 Å². The van der Waals surface area contributed by atoms with Crippen LogP contribution in [-0.2, 0) is 4.79 Å². The molecule has 0 aromatic rings. The molecular weight excluding hydrogens is 176 g/mol. The van der Waals surface area contributed by atoms with Gasteiger partial charge in [0.05, 0.1) is 0 Å². The van der Waals surface area contributed by atoms with E-state index < -0.39 is 0 Å². The van der Waals surface area contributed by atoms with Crippen LogP contribution in [0.5, 0.6) is 0 Å². The van der Waals surface area contributed by atoms with Crippen LogP contribution < -0.4 is 5.73 Å². The van der Waals surface area contributed by atoms with Crippen LogP contribution in [0.15, 0.2) is 23.4 Å². The molecule has 1 aliphatic carbocycles. The Balaban J connectivity index is 2.39. The average molecular weight is 192 g/mol. The first-order valence-electron chi connectivity index (χ1n) is 5.12. The number of nitrogens with two attached hydrogens (primary N) is 1. The summed E-state index contributed by atoms with van der Waals surface area (Å²) in [5, 5.41) is 0. The fourth-order valence-electron chi connectivity index (χ4n) is 2.19. The quantitative estimate of drug-likeness (QED) is 0.623. The zero-order chi connectivity index (χ0) is 10.1. The van der Waals surface area contributed by atoms with Gasteiger partial charge in [-0.2, -0.15) is 0 Å². The maximum atomic E-state index is 11.7. The molecule has 2 N–H and O–H groups in total. The van der Waals surface area contributed by atoms with Crippen LogP contribution in [0.25, 0.3) is 0 Å². The van der Waals surface area contributed by atoms with E-state index in [0.29, 0.717) is 11.6 Å². The molecule has 1 atom stereocenters. The minimum absolute atomic E-state index is 0.0194. The first kappa shape index (κ1) is 9.31. The smallest absolute Gasteiger partial charge is 0.269 e. The molecule has 76 valence electrons. The number of carbonyl (C=O) groups excluding carboxylic acids is 1. The van der Waals surface area contributed by atoms with Crippen molar-refractivity contribution in [3.8, 4) is 0 Å². The SMILES string of the molecule is CN1CC[C@@H]2CCC=CC2=C(N)C1=O. The number of fused-ring (bicyclic) bond motifs is 1. The Morgan fingerprint density at radius 2 is 2.29 bits per heavy atom. The zero-order valence-corrected chi connectivity index (χ0v) is 8.49. The lowest BCUT2D eigenvalue weighted by atomic mass is 9.86. The third-order valence-electron chi connectivity index (χ3n) is 3.12. The van der Waals surface area contributed by atoms with Crippen LogP contribution in [0.4, 0.5) is 0 Å². The molecule has 1 amide bonds. The highest BCUT2D eigenvalue weighted by molar-refractivity contribution is 5.94. The van der Waals surface area contributed by atoms with Gasteiger partial charge in [0.25, 0.3) is 5.91 Å². The second-order valence-electron chi connectivity index (χ2n) is 4.06. The number of rotatable bonds is 0. The molecule has 2 aliphatic rings. The number of hydrogen-bond donors (Lipinski definition) is 1. The zero-order valence-electron chi connectivity index (χ0n) is 8.49. The highest BCUT2D eigenvalue weighted by atomic mass is 16.2. The van der Waals surface area contributed by atoms with E-state index in [9.17, 15) is 4.79 Å². The summed E-state index contributed by atoms with van der Waals surface area (Å²) in [5.74, 6) is 0.475. The number of allylic oxidation sites excluding steroid dienone is 3. The topological polar surface area (TPSA) is 46.3 Å². The normalized spacial score (nSPS) is 27.6. The molecule has 1 heterocycles. The number of hydrogen-bond acceptors (Lipinski definition) is 2. The van der Waals surface area contributed by atoms with Gasteiger partial charge in [-0.05, 0) is 30.8 Å². The minimum Gasteiger partial charge on any atom is -0.394 e. The van der Waals surface area contributed by atoms with E-state index >= 15 is 0 Å². The van der Waals surface area contributed by atoms with E-state index in [-0.39, 0.29) is 5.91 Å². The van der Waals surface area contributed by atoms with Gasteiger partial charge < -0.3 is 10.6 Å². The predicted octanol–water partition coefficient (Wildman–Crippen LogP) is 1.03. The van der Waals surface area contributed by atoms with E-state index in [4.69, 9.17) is 5.73 Å². The summed E-state index contributed by atoms with van der Waals surface area (Å²) in [6, 6.07) is 0. The monoisotopic (exact) mass is 192 g/mol. The number of nitrogens with zero attached hydrogens (tertiary/aromatic N) is 1. The van der Waals surface area contributed by atoms with Crippen LogP contribution in [0, 0.1) is 5.92 Å². The Bertz CT molecular complexity index is 317. The summed E-state index contributed by atoms with van der Waals surface area (Å²) in [6.45, 7) is 0.821. The third-order valence-corrected chi connectivity index (χ3v) is 3.12. The van der Waals surface area contributed by atoms with Crippen LogP contribution in [0.1, 0.15) is 19.3 Å². The van der Waals surface area contributed by atoms with Crippen molar-refractivity contribution in [1.82, 2.24) is 4.90 Å². The second-order valence-corrected chi connectivity index (χ2v) is 4.06. The molecule has 0 spiro atoms. The summed E-state index contributed by atoms with van der Waals surface area (Å²) < 4.78 is 0. The molecule has 0 unspecified atom stereocenters. The van der Waals surface area contributed by atoms with E-state index in [2.05, 4.69) is 6.08 Å². The van der Waals surface area contributed by atoms with Crippen molar-refractivity contribution in [2.24, 2.45) is 11.7 Å². The molecule has 0 aromatic carbocycles. The number of likely N-dealkylation sites (N-methyl/N-ethyl adjacent to an activating group) is 1. The van der Waals surface area contributed by atoms with Crippen molar-refractivity contribution < 1.29 is 4.79 Å². The molecule has 0 aromatic heterocycles. The first-order chi connectivity index (χ1) is 6.70. The largest absolute Gasteiger partial charge is 0.394 e. The molecule has 3 nitrogen and oxygen atoms in total. The summed E-state index contributed by atoms with van der Waals surface area (Å²) in [7, 11) is 1.82. The molecule has 3 heteroatoms. The predicted molar refractivity (Wildman–Crippen MR) is 55.3 cm³/mol.